The number of para-hydroxylation sites is 2. The molecule has 3 fully saturated rings. The Morgan fingerprint density at radius 3 is 2.13 bits per heavy atom. The number of carbonyl (C=O) groups excluding carboxylic acids is 2. The van der Waals surface area contributed by atoms with Gasteiger partial charge >= 0.3 is 0 Å². The van der Waals surface area contributed by atoms with Crippen LogP contribution in [0.4, 0.5) is 11.4 Å². The van der Waals surface area contributed by atoms with Gasteiger partial charge in [0.2, 0.25) is 11.8 Å². The molecule has 7 heteroatoms. The number of likely N-dealkylation sites (tertiary alicyclic amines) is 1. The summed E-state index contributed by atoms with van der Waals surface area (Å²) < 4.78 is 0. The molecule has 31 heavy (non-hydrogen) atoms. The monoisotopic (exact) mass is 419 g/mol. The molecular weight excluding hydrogens is 390 g/mol. The Kier molecular flexibility index (Phi) is 5.38. The van der Waals surface area contributed by atoms with Crippen molar-refractivity contribution in [2.75, 3.05) is 56.2 Å². The van der Waals surface area contributed by atoms with Crippen LogP contribution in [0.2, 0.25) is 0 Å². The number of hydrogen-bond donors (Lipinski definition) is 1. The van der Waals surface area contributed by atoms with Crippen LogP contribution in [0, 0.1) is 11.8 Å². The van der Waals surface area contributed by atoms with Crippen LogP contribution in [0.15, 0.2) is 60.7 Å². The zero-order valence-electron chi connectivity index (χ0n) is 17.9. The molecule has 3 heterocycles. The van der Waals surface area contributed by atoms with Gasteiger partial charge in [0.15, 0.2) is 0 Å². The topological polar surface area (TPSA) is 59.1 Å². The van der Waals surface area contributed by atoms with E-state index in [0.717, 1.165) is 18.8 Å². The lowest BCUT2D eigenvalue weighted by molar-refractivity contribution is -0.139. The van der Waals surface area contributed by atoms with E-state index in [-0.39, 0.29) is 29.7 Å². The Balaban J connectivity index is 1.29. The fourth-order valence-electron chi connectivity index (χ4n) is 5.11. The fourth-order valence-corrected chi connectivity index (χ4v) is 5.11. The van der Waals surface area contributed by atoms with Gasteiger partial charge in [-0.05, 0) is 31.3 Å². The molecule has 0 bridgehead atoms. The zero-order valence-corrected chi connectivity index (χ0v) is 17.9. The molecule has 2 aromatic carbocycles. The van der Waals surface area contributed by atoms with E-state index in [1.165, 1.54) is 5.69 Å². The summed E-state index contributed by atoms with van der Waals surface area (Å²) in [6.07, 6.45) is 0. The third kappa shape index (κ3) is 3.79. The van der Waals surface area contributed by atoms with E-state index < -0.39 is 0 Å². The molecule has 0 aromatic heterocycles. The van der Waals surface area contributed by atoms with Crippen LogP contribution in [0.5, 0.6) is 0 Å². The van der Waals surface area contributed by atoms with Crippen LogP contribution < -0.4 is 15.3 Å². The number of piperazine rings is 1. The summed E-state index contributed by atoms with van der Waals surface area (Å²) in [4.78, 5) is 33.1. The first-order valence-electron chi connectivity index (χ1n) is 11.0. The number of benzene rings is 2. The van der Waals surface area contributed by atoms with Crippen LogP contribution in [-0.4, -0.2) is 74.0 Å². The normalized spacial score (nSPS) is 26.8. The Morgan fingerprint density at radius 2 is 1.48 bits per heavy atom. The molecule has 2 aromatic rings. The van der Waals surface area contributed by atoms with Crippen molar-refractivity contribution in [2.45, 2.75) is 6.04 Å². The molecule has 2 amide bonds. The van der Waals surface area contributed by atoms with E-state index in [4.69, 9.17) is 0 Å². The number of hydrogen-bond acceptors (Lipinski definition) is 5. The molecule has 3 unspecified atom stereocenters. The van der Waals surface area contributed by atoms with Crippen LogP contribution >= 0.6 is 0 Å². The van der Waals surface area contributed by atoms with Crippen molar-refractivity contribution >= 4 is 23.2 Å². The van der Waals surface area contributed by atoms with Gasteiger partial charge in [-0.1, -0.05) is 36.4 Å². The number of fused-ring (bicyclic) bond motifs is 1. The summed E-state index contributed by atoms with van der Waals surface area (Å²) in [6.45, 7) is 4.42. The van der Waals surface area contributed by atoms with Crippen LogP contribution in [-0.2, 0) is 9.59 Å². The highest BCUT2D eigenvalue weighted by Gasteiger charge is 2.51. The molecular formula is C24H29N5O2. The molecule has 7 nitrogen and oxygen atoms in total. The van der Waals surface area contributed by atoms with Gasteiger partial charge < -0.3 is 14.7 Å². The smallest absolute Gasteiger partial charge is 0.247 e. The molecule has 1 N–H and O–H groups in total. The van der Waals surface area contributed by atoms with Gasteiger partial charge in [-0.25, -0.2) is 10.4 Å². The highest BCUT2D eigenvalue weighted by molar-refractivity contribution is 5.98. The van der Waals surface area contributed by atoms with E-state index >= 15 is 0 Å². The molecule has 0 spiro atoms. The predicted octanol–water partition coefficient (Wildman–Crippen LogP) is 1.43. The number of carbonyl (C=O) groups is 2. The van der Waals surface area contributed by atoms with Gasteiger partial charge in [0, 0.05) is 45.0 Å². The zero-order chi connectivity index (χ0) is 21.4. The summed E-state index contributed by atoms with van der Waals surface area (Å²) in [5.41, 5.74) is 5.41. The number of rotatable bonds is 3. The van der Waals surface area contributed by atoms with Crippen molar-refractivity contribution in [1.29, 1.82) is 0 Å². The minimum absolute atomic E-state index is 0.0504. The number of piperidine rings is 1. The van der Waals surface area contributed by atoms with Gasteiger partial charge in [-0.15, -0.1) is 0 Å². The van der Waals surface area contributed by atoms with E-state index in [0.29, 0.717) is 26.2 Å². The average Bonchev–Trinajstić information content (AvgIpc) is 3.15. The Bertz CT molecular complexity index is 930. The molecule has 0 saturated carbocycles. The van der Waals surface area contributed by atoms with Crippen LogP contribution in [0.25, 0.3) is 0 Å². The number of nitrogens with one attached hydrogen (secondary N) is 1. The first-order chi connectivity index (χ1) is 15.1. The second-order valence-electron chi connectivity index (χ2n) is 8.75. The minimum Gasteiger partial charge on any atom is -0.368 e. The largest absolute Gasteiger partial charge is 0.368 e. The quantitative estimate of drug-likeness (QED) is 0.816. The molecule has 0 radical (unpaired) electrons. The average molecular weight is 420 g/mol. The maximum Gasteiger partial charge on any atom is 0.247 e. The van der Waals surface area contributed by atoms with Crippen molar-refractivity contribution < 1.29 is 9.59 Å². The number of anilines is 2. The lowest BCUT2D eigenvalue weighted by Gasteiger charge is -2.41. The molecule has 3 aliphatic heterocycles. The van der Waals surface area contributed by atoms with Gasteiger partial charge in [-0.2, -0.15) is 0 Å². The van der Waals surface area contributed by atoms with Crippen molar-refractivity contribution in [3.8, 4) is 0 Å². The summed E-state index contributed by atoms with van der Waals surface area (Å²) >= 11 is 0. The van der Waals surface area contributed by atoms with E-state index in [1.54, 1.807) is 5.01 Å². The van der Waals surface area contributed by atoms with Crippen molar-refractivity contribution in [3.63, 3.8) is 0 Å². The van der Waals surface area contributed by atoms with Crippen molar-refractivity contribution in [1.82, 2.24) is 15.2 Å². The van der Waals surface area contributed by atoms with E-state index in [1.807, 2.05) is 60.5 Å². The van der Waals surface area contributed by atoms with Crippen molar-refractivity contribution in [3.05, 3.63) is 60.7 Å². The minimum atomic E-state index is -0.232. The van der Waals surface area contributed by atoms with E-state index in [9.17, 15) is 9.59 Å². The van der Waals surface area contributed by atoms with Crippen LogP contribution in [0.3, 0.4) is 0 Å². The lowest BCUT2D eigenvalue weighted by atomic mass is 9.84. The first kappa shape index (κ1) is 20.0. The summed E-state index contributed by atoms with van der Waals surface area (Å²) in [5, 5.41) is 1.64. The Hall–Kier alpha value is -2.90. The predicted molar refractivity (Wildman–Crippen MR) is 121 cm³/mol. The standard InChI is InChI=1S/C24H29N5O2/c1-26-16-20(22-21(17-26)24(31)29(25-22)19-10-6-3-7-11-19)23(30)28-14-12-27(13-15-28)18-8-4-2-5-9-18/h2-11,20-22,25H,12-17H2,1H3. The van der Waals surface area contributed by atoms with Crippen molar-refractivity contribution in [2.24, 2.45) is 11.8 Å². The van der Waals surface area contributed by atoms with Gasteiger partial charge in [-0.3, -0.25) is 9.59 Å². The maximum atomic E-state index is 13.5. The second-order valence-corrected chi connectivity index (χ2v) is 8.75. The van der Waals surface area contributed by atoms with E-state index in [2.05, 4.69) is 27.4 Å². The maximum absolute atomic E-state index is 13.5. The number of hydrazine groups is 1. The summed E-state index contributed by atoms with van der Waals surface area (Å²) in [6, 6.07) is 19.8. The van der Waals surface area contributed by atoms with Gasteiger partial charge in [0.25, 0.3) is 0 Å². The Labute approximate surface area is 183 Å². The first-order valence-corrected chi connectivity index (χ1v) is 11.0. The summed E-state index contributed by atoms with van der Waals surface area (Å²) in [7, 11) is 2.00. The highest BCUT2D eigenvalue weighted by Crippen LogP contribution is 2.32. The molecule has 3 saturated heterocycles. The highest BCUT2D eigenvalue weighted by atomic mass is 16.2. The van der Waals surface area contributed by atoms with Gasteiger partial charge in [0.05, 0.1) is 23.6 Å². The SMILES string of the molecule is CN1CC(C(=O)N2CCN(c3ccccc3)CC2)C2NN(c3ccccc3)C(=O)C2C1. The number of amides is 2. The molecule has 0 aliphatic carbocycles. The Morgan fingerprint density at radius 1 is 0.871 bits per heavy atom. The lowest BCUT2D eigenvalue weighted by Crippen LogP contribution is -2.59. The molecule has 3 atom stereocenters. The third-order valence-electron chi connectivity index (χ3n) is 6.74. The van der Waals surface area contributed by atoms with Crippen LogP contribution in [0.1, 0.15) is 0 Å². The second kappa shape index (κ2) is 8.32. The molecule has 3 aliphatic rings. The number of nitrogens with zero attached hydrogens (tertiary/aromatic N) is 4. The fraction of sp³-hybridized carbons (Fsp3) is 0.417. The molecule has 162 valence electrons. The van der Waals surface area contributed by atoms with Gasteiger partial charge in [0.1, 0.15) is 0 Å². The molecule has 5 rings (SSSR count). The summed E-state index contributed by atoms with van der Waals surface area (Å²) in [5.74, 6) is -0.234. The third-order valence-corrected chi connectivity index (χ3v) is 6.74.